The molecule has 2 unspecified atom stereocenters. The molecule has 1 fully saturated rings. The summed E-state index contributed by atoms with van der Waals surface area (Å²) in [5, 5.41) is 13.1. The number of nitrogens with zero attached hydrogens (tertiary/aromatic N) is 1. The van der Waals surface area contributed by atoms with E-state index in [0.717, 1.165) is 29.1 Å². The number of carboxylic acid groups (broad SMARTS) is 1. The smallest absolute Gasteiger partial charge is 0.306 e. The highest BCUT2D eigenvalue weighted by molar-refractivity contribution is 7.12. The number of hydrogen-bond donors (Lipinski definition) is 2. The molecule has 6 heteroatoms. The third-order valence-electron chi connectivity index (χ3n) is 4.92. The van der Waals surface area contributed by atoms with Gasteiger partial charge in [0, 0.05) is 29.3 Å². The summed E-state index contributed by atoms with van der Waals surface area (Å²) in [6, 6.07) is 10.1. The molecule has 0 aliphatic heterocycles. The second-order valence-electron chi connectivity index (χ2n) is 6.82. The Morgan fingerprint density at radius 3 is 2.69 bits per heavy atom. The van der Waals surface area contributed by atoms with Gasteiger partial charge in [-0.3, -0.25) is 9.59 Å². The number of aliphatic carboxylic acids is 1. The molecule has 1 aliphatic rings. The molecule has 1 amide bonds. The number of carbonyl (C=O) groups excluding carboxylic acids is 1. The molecule has 1 aliphatic carbocycles. The van der Waals surface area contributed by atoms with E-state index in [1.807, 2.05) is 18.2 Å². The zero-order chi connectivity index (χ0) is 18.5. The molecule has 0 radical (unpaired) electrons. The number of carbonyl (C=O) groups is 2. The van der Waals surface area contributed by atoms with E-state index in [-0.39, 0.29) is 17.7 Å². The van der Waals surface area contributed by atoms with Crippen molar-refractivity contribution in [3.8, 4) is 11.3 Å². The Kier molecular flexibility index (Phi) is 6.04. The van der Waals surface area contributed by atoms with E-state index < -0.39 is 5.97 Å². The zero-order valence-electron chi connectivity index (χ0n) is 14.9. The standard InChI is InChI=1S/C20H24N2O3S/c1-13-18(14-6-3-2-4-7-14)22-17(26-13)10-11-21-19(23)15-8-5-9-16(12-15)20(24)25/h2-4,6-7,15-16H,5,8-12H2,1H3,(H,21,23)(H,24,25). The zero-order valence-corrected chi connectivity index (χ0v) is 15.7. The van der Waals surface area contributed by atoms with E-state index in [1.165, 1.54) is 4.88 Å². The SMILES string of the molecule is Cc1sc(CCNC(=O)C2CCCC(C(=O)O)C2)nc1-c1ccccc1. The van der Waals surface area contributed by atoms with E-state index >= 15 is 0 Å². The van der Waals surface area contributed by atoms with Crippen molar-refractivity contribution in [2.24, 2.45) is 11.8 Å². The number of hydrogen-bond acceptors (Lipinski definition) is 4. The molecule has 5 nitrogen and oxygen atoms in total. The van der Waals surface area contributed by atoms with Crippen molar-refractivity contribution in [3.05, 3.63) is 40.2 Å². The van der Waals surface area contributed by atoms with Gasteiger partial charge in [-0.25, -0.2) is 4.98 Å². The molecule has 0 saturated heterocycles. The number of benzene rings is 1. The van der Waals surface area contributed by atoms with E-state index in [2.05, 4.69) is 24.4 Å². The van der Waals surface area contributed by atoms with Crippen LogP contribution in [0.4, 0.5) is 0 Å². The summed E-state index contributed by atoms with van der Waals surface area (Å²) in [5.74, 6) is -1.36. The van der Waals surface area contributed by atoms with E-state index in [0.29, 0.717) is 25.8 Å². The highest BCUT2D eigenvalue weighted by Gasteiger charge is 2.30. The fourth-order valence-electron chi connectivity index (χ4n) is 3.51. The van der Waals surface area contributed by atoms with Crippen molar-refractivity contribution in [2.75, 3.05) is 6.54 Å². The van der Waals surface area contributed by atoms with Crippen LogP contribution in [0.2, 0.25) is 0 Å². The van der Waals surface area contributed by atoms with Gasteiger partial charge in [-0.15, -0.1) is 11.3 Å². The minimum Gasteiger partial charge on any atom is -0.481 e. The molecule has 3 rings (SSSR count). The second-order valence-corrected chi connectivity index (χ2v) is 8.11. The molecule has 26 heavy (non-hydrogen) atoms. The predicted octanol–water partition coefficient (Wildman–Crippen LogP) is 3.67. The highest BCUT2D eigenvalue weighted by atomic mass is 32.1. The Bertz CT molecular complexity index is 773. The maximum absolute atomic E-state index is 12.3. The molecule has 1 aromatic carbocycles. The maximum Gasteiger partial charge on any atom is 0.306 e. The minimum absolute atomic E-state index is 0.0208. The van der Waals surface area contributed by atoms with Gasteiger partial charge in [0.25, 0.3) is 0 Å². The third kappa shape index (κ3) is 4.49. The summed E-state index contributed by atoms with van der Waals surface area (Å²) < 4.78 is 0. The van der Waals surface area contributed by atoms with Gasteiger partial charge in [0.15, 0.2) is 0 Å². The van der Waals surface area contributed by atoms with Crippen molar-refractivity contribution in [3.63, 3.8) is 0 Å². The molecule has 1 aromatic heterocycles. The summed E-state index contributed by atoms with van der Waals surface area (Å²) in [6.07, 6.45) is 3.42. The van der Waals surface area contributed by atoms with Crippen LogP contribution in [0, 0.1) is 18.8 Å². The van der Waals surface area contributed by atoms with Crippen LogP contribution in [0.15, 0.2) is 30.3 Å². The fraction of sp³-hybridized carbons (Fsp3) is 0.450. The number of rotatable bonds is 6. The fourth-order valence-corrected chi connectivity index (χ4v) is 4.47. The second kappa shape index (κ2) is 8.45. The van der Waals surface area contributed by atoms with Crippen LogP contribution >= 0.6 is 11.3 Å². The first-order valence-corrected chi connectivity index (χ1v) is 9.88. The van der Waals surface area contributed by atoms with E-state index in [4.69, 9.17) is 10.1 Å². The number of aromatic nitrogens is 1. The van der Waals surface area contributed by atoms with Crippen molar-refractivity contribution >= 4 is 23.2 Å². The van der Waals surface area contributed by atoms with E-state index in [9.17, 15) is 9.59 Å². The van der Waals surface area contributed by atoms with Crippen LogP contribution in [0.5, 0.6) is 0 Å². The van der Waals surface area contributed by atoms with Crippen LogP contribution in [0.25, 0.3) is 11.3 Å². The first kappa shape index (κ1) is 18.6. The molecule has 0 spiro atoms. The van der Waals surface area contributed by atoms with Gasteiger partial charge in [0.05, 0.1) is 16.6 Å². The summed E-state index contributed by atoms with van der Waals surface area (Å²) in [4.78, 5) is 29.4. The quantitative estimate of drug-likeness (QED) is 0.811. The summed E-state index contributed by atoms with van der Waals surface area (Å²) >= 11 is 1.66. The largest absolute Gasteiger partial charge is 0.481 e. The van der Waals surface area contributed by atoms with E-state index in [1.54, 1.807) is 11.3 Å². The average Bonchev–Trinajstić information content (AvgIpc) is 3.03. The lowest BCUT2D eigenvalue weighted by atomic mass is 9.81. The van der Waals surface area contributed by atoms with Gasteiger partial charge in [-0.2, -0.15) is 0 Å². The Balaban J connectivity index is 1.52. The summed E-state index contributed by atoms with van der Waals surface area (Å²) in [7, 11) is 0. The molecule has 1 heterocycles. The monoisotopic (exact) mass is 372 g/mol. The van der Waals surface area contributed by atoms with Crippen LogP contribution in [0.3, 0.4) is 0 Å². The highest BCUT2D eigenvalue weighted by Crippen LogP contribution is 2.30. The van der Waals surface area contributed by atoms with Crippen LogP contribution in [0.1, 0.15) is 35.6 Å². The average molecular weight is 372 g/mol. The molecule has 2 atom stereocenters. The van der Waals surface area contributed by atoms with Gasteiger partial charge in [0.1, 0.15) is 0 Å². The van der Waals surface area contributed by atoms with Gasteiger partial charge >= 0.3 is 5.97 Å². The Morgan fingerprint density at radius 1 is 1.23 bits per heavy atom. The summed E-state index contributed by atoms with van der Waals surface area (Å²) in [5.41, 5.74) is 2.12. The number of carboxylic acids is 1. The molecule has 2 aromatic rings. The number of aryl methyl sites for hydroxylation is 1. The lowest BCUT2D eigenvalue weighted by Crippen LogP contribution is -2.36. The molecular formula is C20H24N2O3S. The molecule has 138 valence electrons. The first-order chi connectivity index (χ1) is 12.5. The number of thiazole rings is 1. The van der Waals surface area contributed by atoms with Gasteiger partial charge in [-0.05, 0) is 26.2 Å². The van der Waals surface area contributed by atoms with Crippen molar-refractivity contribution in [1.29, 1.82) is 0 Å². The molecular weight excluding hydrogens is 348 g/mol. The van der Waals surface area contributed by atoms with Gasteiger partial charge in [0.2, 0.25) is 5.91 Å². The number of nitrogens with one attached hydrogen (secondary N) is 1. The van der Waals surface area contributed by atoms with Crippen molar-refractivity contribution in [1.82, 2.24) is 10.3 Å². The third-order valence-corrected chi connectivity index (χ3v) is 5.95. The topological polar surface area (TPSA) is 79.3 Å². The predicted molar refractivity (Wildman–Crippen MR) is 102 cm³/mol. The van der Waals surface area contributed by atoms with Crippen LogP contribution in [-0.4, -0.2) is 28.5 Å². The Hall–Kier alpha value is -2.21. The first-order valence-electron chi connectivity index (χ1n) is 9.07. The Labute approximate surface area is 157 Å². The minimum atomic E-state index is -0.783. The van der Waals surface area contributed by atoms with Crippen molar-refractivity contribution in [2.45, 2.75) is 39.0 Å². The Morgan fingerprint density at radius 2 is 1.96 bits per heavy atom. The molecule has 1 saturated carbocycles. The van der Waals surface area contributed by atoms with Crippen LogP contribution < -0.4 is 5.32 Å². The van der Waals surface area contributed by atoms with Gasteiger partial charge < -0.3 is 10.4 Å². The molecule has 2 N–H and O–H groups in total. The molecule has 0 bridgehead atoms. The summed E-state index contributed by atoms with van der Waals surface area (Å²) in [6.45, 7) is 2.60. The number of amides is 1. The maximum atomic E-state index is 12.3. The lowest BCUT2D eigenvalue weighted by molar-refractivity contribution is -0.144. The van der Waals surface area contributed by atoms with Crippen LogP contribution in [-0.2, 0) is 16.0 Å². The van der Waals surface area contributed by atoms with Crippen molar-refractivity contribution < 1.29 is 14.7 Å². The normalized spacial score (nSPS) is 19.9. The lowest BCUT2D eigenvalue weighted by Gasteiger charge is -2.25. The van der Waals surface area contributed by atoms with Gasteiger partial charge in [-0.1, -0.05) is 36.8 Å².